The number of amides is 3. The first-order valence-electron chi connectivity index (χ1n) is 8.92. The summed E-state index contributed by atoms with van der Waals surface area (Å²) in [5.74, 6) is 0.678. The maximum absolute atomic E-state index is 11.9. The fourth-order valence-corrected chi connectivity index (χ4v) is 2.55. The molecule has 0 heterocycles. The summed E-state index contributed by atoms with van der Waals surface area (Å²) in [5.41, 5.74) is 7.23. The Balaban J connectivity index is 1.42. The van der Waals surface area contributed by atoms with E-state index < -0.39 is 11.9 Å². The van der Waals surface area contributed by atoms with E-state index in [0.29, 0.717) is 17.2 Å². The van der Waals surface area contributed by atoms with E-state index in [9.17, 15) is 9.59 Å². The zero-order valence-corrected chi connectivity index (χ0v) is 15.8. The molecule has 0 bridgehead atoms. The lowest BCUT2D eigenvalue weighted by Gasteiger charge is -2.11. The van der Waals surface area contributed by atoms with E-state index in [2.05, 4.69) is 16.2 Å². The maximum atomic E-state index is 11.9. The molecule has 3 rings (SSSR count). The van der Waals surface area contributed by atoms with Gasteiger partial charge in [0, 0.05) is 11.8 Å². The fourth-order valence-electron chi connectivity index (χ4n) is 2.55. The predicted octanol–water partition coefficient (Wildman–Crippen LogP) is 3.59. The maximum Gasteiger partial charge on any atom is 0.337 e. The van der Waals surface area contributed by atoms with Gasteiger partial charge in [0.15, 0.2) is 6.61 Å². The Labute approximate surface area is 168 Å². The zero-order valence-electron chi connectivity index (χ0n) is 15.8. The number of ether oxygens (including phenoxy) is 2. The molecular formula is C22H21N3O4. The Bertz CT molecular complexity index is 959. The van der Waals surface area contributed by atoms with Gasteiger partial charge < -0.3 is 14.8 Å². The van der Waals surface area contributed by atoms with E-state index in [0.717, 1.165) is 11.1 Å². The minimum atomic E-state index is -0.584. The highest BCUT2D eigenvalue weighted by Gasteiger charge is 2.07. The monoisotopic (exact) mass is 391 g/mol. The van der Waals surface area contributed by atoms with Crippen LogP contribution < -0.4 is 25.6 Å². The van der Waals surface area contributed by atoms with Crippen molar-refractivity contribution in [1.82, 2.24) is 10.9 Å². The smallest absolute Gasteiger partial charge is 0.337 e. The third-order valence-corrected chi connectivity index (χ3v) is 3.97. The molecule has 0 aliphatic heterocycles. The number of carbonyl (C=O) groups is 2. The average Bonchev–Trinajstić information content (AvgIpc) is 2.77. The largest absolute Gasteiger partial charge is 0.497 e. The second-order valence-corrected chi connectivity index (χ2v) is 6.04. The molecule has 0 aliphatic carbocycles. The summed E-state index contributed by atoms with van der Waals surface area (Å²) in [6.07, 6.45) is 0. The second-order valence-electron chi connectivity index (χ2n) is 6.04. The van der Waals surface area contributed by atoms with Crippen molar-refractivity contribution in [3.05, 3.63) is 78.9 Å². The van der Waals surface area contributed by atoms with Crippen molar-refractivity contribution >= 4 is 17.6 Å². The predicted molar refractivity (Wildman–Crippen MR) is 111 cm³/mol. The van der Waals surface area contributed by atoms with Gasteiger partial charge in [-0.05, 0) is 35.4 Å². The Morgan fingerprint density at radius 3 is 2.24 bits per heavy atom. The molecule has 29 heavy (non-hydrogen) atoms. The topological polar surface area (TPSA) is 88.7 Å². The standard InChI is InChI=1S/C22H21N3O4/c1-28-20-9-5-8-18(14-20)23-22(27)25-24-21(26)15-29-19-12-10-17(11-13-19)16-6-3-2-4-7-16/h2-14H,15H2,1H3,(H,24,26)(H2,23,25,27). The number of rotatable bonds is 6. The van der Waals surface area contributed by atoms with E-state index in [-0.39, 0.29) is 6.61 Å². The normalized spacial score (nSPS) is 9.97. The van der Waals surface area contributed by atoms with Gasteiger partial charge in [-0.25, -0.2) is 10.2 Å². The molecule has 0 unspecified atom stereocenters. The summed E-state index contributed by atoms with van der Waals surface area (Å²) in [7, 11) is 1.54. The van der Waals surface area contributed by atoms with Crippen molar-refractivity contribution in [2.75, 3.05) is 19.0 Å². The van der Waals surface area contributed by atoms with Crippen molar-refractivity contribution in [3.63, 3.8) is 0 Å². The highest BCUT2D eigenvalue weighted by molar-refractivity contribution is 5.91. The van der Waals surface area contributed by atoms with E-state index in [1.165, 1.54) is 7.11 Å². The van der Waals surface area contributed by atoms with Crippen LogP contribution in [0.4, 0.5) is 10.5 Å². The van der Waals surface area contributed by atoms with Crippen LogP contribution in [-0.4, -0.2) is 25.7 Å². The van der Waals surface area contributed by atoms with Crippen LogP contribution in [0.3, 0.4) is 0 Å². The van der Waals surface area contributed by atoms with Crippen molar-refractivity contribution in [2.45, 2.75) is 0 Å². The molecule has 3 N–H and O–H groups in total. The van der Waals surface area contributed by atoms with Gasteiger partial charge in [0.25, 0.3) is 5.91 Å². The fraction of sp³-hybridized carbons (Fsp3) is 0.0909. The summed E-state index contributed by atoms with van der Waals surface area (Å²) in [6, 6.07) is 23.6. The molecule has 0 saturated heterocycles. The number of anilines is 1. The van der Waals surface area contributed by atoms with Gasteiger partial charge >= 0.3 is 6.03 Å². The lowest BCUT2D eigenvalue weighted by molar-refractivity contribution is -0.123. The minimum absolute atomic E-state index is 0.232. The van der Waals surface area contributed by atoms with Gasteiger partial charge in [-0.15, -0.1) is 0 Å². The van der Waals surface area contributed by atoms with Crippen molar-refractivity contribution in [3.8, 4) is 22.6 Å². The number of nitrogens with one attached hydrogen (secondary N) is 3. The third-order valence-electron chi connectivity index (χ3n) is 3.97. The molecule has 148 valence electrons. The Kier molecular flexibility index (Phi) is 6.67. The van der Waals surface area contributed by atoms with E-state index in [1.807, 2.05) is 42.5 Å². The molecular weight excluding hydrogens is 370 g/mol. The van der Waals surface area contributed by atoms with Crippen LogP contribution >= 0.6 is 0 Å². The molecule has 0 aliphatic rings. The molecule has 7 nitrogen and oxygen atoms in total. The Morgan fingerprint density at radius 1 is 0.793 bits per heavy atom. The van der Waals surface area contributed by atoms with Gasteiger partial charge in [-0.3, -0.25) is 10.2 Å². The first-order valence-corrected chi connectivity index (χ1v) is 8.92. The van der Waals surface area contributed by atoms with Crippen molar-refractivity contribution in [1.29, 1.82) is 0 Å². The molecule has 7 heteroatoms. The highest BCUT2D eigenvalue weighted by atomic mass is 16.5. The van der Waals surface area contributed by atoms with Crippen molar-refractivity contribution in [2.24, 2.45) is 0 Å². The van der Waals surface area contributed by atoms with Gasteiger partial charge in [0.05, 0.1) is 7.11 Å². The summed E-state index contributed by atoms with van der Waals surface area (Å²) in [6.45, 7) is -0.232. The number of benzene rings is 3. The summed E-state index contributed by atoms with van der Waals surface area (Å²) >= 11 is 0. The van der Waals surface area contributed by atoms with E-state index in [1.54, 1.807) is 36.4 Å². The van der Waals surface area contributed by atoms with Gasteiger partial charge in [-0.2, -0.15) is 0 Å². The Morgan fingerprint density at radius 2 is 1.52 bits per heavy atom. The molecule has 0 spiro atoms. The highest BCUT2D eigenvalue weighted by Crippen LogP contribution is 2.22. The molecule has 3 amide bonds. The minimum Gasteiger partial charge on any atom is -0.497 e. The van der Waals surface area contributed by atoms with Crippen molar-refractivity contribution < 1.29 is 19.1 Å². The number of urea groups is 1. The molecule has 3 aromatic rings. The molecule has 0 fully saturated rings. The zero-order chi connectivity index (χ0) is 20.5. The van der Waals surface area contributed by atoms with Gasteiger partial charge in [-0.1, -0.05) is 48.5 Å². The number of hydrogen-bond donors (Lipinski definition) is 3. The number of methoxy groups -OCH3 is 1. The van der Waals surface area contributed by atoms with Gasteiger partial charge in [0.1, 0.15) is 11.5 Å². The van der Waals surface area contributed by atoms with Crippen LogP contribution in [0, 0.1) is 0 Å². The van der Waals surface area contributed by atoms with Crippen LogP contribution in [-0.2, 0) is 4.79 Å². The first-order chi connectivity index (χ1) is 14.1. The average molecular weight is 391 g/mol. The number of carbonyl (C=O) groups excluding carboxylic acids is 2. The quantitative estimate of drug-likeness (QED) is 0.560. The lowest BCUT2D eigenvalue weighted by Crippen LogP contribution is -2.45. The van der Waals surface area contributed by atoms with Gasteiger partial charge in [0.2, 0.25) is 0 Å². The third kappa shape index (κ3) is 6.00. The summed E-state index contributed by atoms with van der Waals surface area (Å²) in [5, 5.41) is 2.58. The molecule has 0 radical (unpaired) electrons. The lowest BCUT2D eigenvalue weighted by atomic mass is 10.1. The molecule has 0 aromatic heterocycles. The number of hydrogen-bond acceptors (Lipinski definition) is 4. The molecule has 0 saturated carbocycles. The van der Waals surface area contributed by atoms with E-state index in [4.69, 9.17) is 9.47 Å². The molecule has 3 aromatic carbocycles. The number of hydrazine groups is 1. The summed E-state index contributed by atoms with van der Waals surface area (Å²) < 4.78 is 10.5. The summed E-state index contributed by atoms with van der Waals surface area (Å²) in [4.78, 5) is 23.7. The SMILES string of the molecule is COc1cccc(NC(=O)NNC(=O)COc2ccc(-c3ccccc3)cc2)c1. The van der Waals surface area contributed by atoms with Crippen LogP contribution in [0.15, 0.2) is 78.9 Å². The van der Waals surface area contributed by atoms with Crippen LogP contribution in [0.25, 0.3) is 11.1 Å². The second kappa shape index (κ2) is 9.80. The van der Waals surface area contributed by atoms with E-state index >= 15 is 0 Å². The van der Waals surface area contributed by atoms with Crippen LogP contribution in [0.5, 0.6) is 11.5 Å². The van der Waals surface area contributed by atoms with Crippen LogP contribution in [0.1, 0.15) is 0 Å². The first kappa shape index (κ1) is 19.8. The van der Waals surface area contributed by atoms with Crippen LogP contribution in [0.2, 0.25) is 0 Å². The Hall–Kier alpha value is -4.00. The molecule has 0 atom stereocenters.